The van der Waals surface area contributed by atoms with Crippen LogP contribution in [0.1, 0.15) is 0 Å². The monoisotopic (exact) mass is 224 g/mol. The molecular weight excluding hydrogens is 212 g/mol. The normalized spacial score (nSPS) is 26.2. The maximum Gasteiger partial charge on any atom is 0.319 e. The van der Waals surface area contributed by atoms with Gasteiger partial charge in [-0.05, 0) is 0 Å². The number of aromatic nitrogens is 2. The van der Waals surface area contributed by atoms with Crippen LogP contribution < -0.4 is 9.47 Å². The Balaban J connectivity index is 1.52. The molecule has 3 rings (SSSR count). The van der Waals surface area contributed by atoms with Gasteiger partial charge in [0.05, 0.1) is 13.2 Å². The van der Waals surface area contributed by atoms with E-state index in [0.29, 0.717) is 25.1 Å². The lowest BCUT2D eigenvalue weighted by molar-refractivity contribution is 0.231. The van der Waals surface area contributed by atoms with Gasteiger partial charge in [-0.2, -0.15) is 4.98 Å². The van der Waals surface area contributed by atoms with Gasteiger partial charge in [-0.25, -0.2) is 4.98 Å². The third-order valence-electron chi connectivity index (χ3n) is 2.23. The molecule has 2 fully saturated rings. The average Bonchev–Trinajstić information content (AvgIpc) is 3.17. The molecule has 0 bridgehead atoms. The van der Waals surface area contributed by atoms with Crippen LogP contribution >= 0.6 is 0 Å². The van der Waals surface area contributed by atoms with Crippen LogP contribution in [0.15, 0.2) is 12.3 Å². The largest absolute Gasteiger partial charge is 0.475 e. The Morgan fingerprint density at radius 3 is 2.56 bits per heavy atom. The van der Waals surface area contributed by atoms with Gasteiger partial charge in [0, 0.05) is 12.3 Å². The minimum atomic E-state index is 0.202. The van der Waals surface area contributed by atoms with Crippen molar-refractivity contribution in [3.8, 4) is 11.9 Å². The summed E-state index contributed by atoms with van der Waals surface area (Å²) in [6.07, 6.45) is 2.03. The van der Waals surface area contributed by atoms with Crippen LogP contribution in [0, 0.1) is 0 Å². The van der Waals surface area contributed by atoms with E-state index in [1.807, 2.05) is 0 Å². The molecule has 6 nitrogen and oxygen atoms in total. The SMILES string of the molecule is c1cc(OCC2CO2)nc(OCC2CO2)n1. The molecular formula is C10H12N2O4. The summed E-state index contributed by atoms with van der Waals surface area (Å²) in [6, 6.07) is 2.02. The molecule has 2 aliphatic rings. The summed E-state index contributed by atoms with van der Waals surface area (Å²) < 4.78 is 20.8. The maximum absolute atomic E-state index is 5.41. The lowest BCUT2D eigenvalue weighted by Crippen LogP contribution is -2.09. The predicted octanol–water partition coefficient (Wildman–Crippen LogP) is 0.0318. The highest BCUT2D eigenvalue weighted by molar-refractivity contribution is 5.11. The molecule has 2 unspecified atom stereocenters. The fraction of sp³-hybridized carbons (Fsp3) is 0.600. The molecule has 0 aliphatic carbocycles. The van der Waals surface area contributed by atoms with Crippen LogP contribution in [-0.2, 0) is 9.47 Å². The molecule has 6 heteroatoms. The number of nitrogens with zero attached hydrogens (tertiary/aromatic N) is 2. The van der Waals surface area contributed by atoms with Crippen LogP contribution in [0.4, 0.5) is 0 Å². The quantitative estimate of drug-likeness (QED) is 0.635. The molecule has 2 atom stereocenters. The zero-order valence-corrected chi connectivity index (χ0v) is 8.67. The van der Waals surface area contributed by atoms with Crippen molar-refractivity contribution in [2.45, 2.75) is 12.2 Å². The highest BCUT2D eigenvalue weighted by atomic mass is 16.6. The molecule has 0 aromatic carbocycles. The zero-order chi connectivity index (χ0) is 10.8. The van der Waals surface area contributed by atoms with E-state index in [0.717, 1.165) is 13.2 Å². The zero-order valence-electron chi connectivity index (χ0n) is 8.67. The standard InChI is InChI=1S/C10H12N2O4/c1-2-11-10(16-6-8-4-14-8)12-9(1)15-5-7-3-13-7/h1-2,7-8H,3-6H2. The first-order valence-corrected chi connectivity index (χ1v) is 5.22. The Hall–Kier alpha value is -1.40. The first-order valence-electron chi connectivity index (χ1n) is 5.22. The number of epoxide rings is 2. The fourth-order valence-corrected chi connectivity index (χ4v) is 1.15. The van der Waals surface area contributed by atoms with Crippen LogP contribution in [0.25, 0.3) is 0 Å². The second kappa shape index (κ2) is 4.23. The van der Waals surface area contributed by atoms with Gasteiger partial charge in [0.2, 0.25) is 5.88 Å². The topological polar surface area (TPSA) is 69.3 Å². The van der Waals surface area contributed by atoms with Crippen LogP contribution in [-0.4, -0.2) is 48.6 Å². The van der Waals surface area contributed by atoms with Gasteiger partial charge >= 0.3 is 6.01 Å². The van der Waals surface area contributed by atoms with Crippen molar-refractivity contribution >= 4 is 0 Å². The summed E-state index contributed by atoms with van der Waals surface area (Å²) in [5, 5.41) is 0. The summed E-state index contributed by atoms with van der Waals surface area (Å²) in [5.74, 6) is 0.511. The highest BCUT2D eigenvalue weighted by Crippen LogP contribution is 2.15. The maximum atomic E-state index is 5.41. The number of hydrogen-bond donors (Lipinski definition) is 0. The van der Waals surface area contributed by atoms with Crippen molar-refractivity contribution in [2.24, 2.45) is 0 Å². The van der Waals surface area contributed by atoms with E-state index in [1.54, 1.807) is 12.3 Å². The molecule has 16 heavy (non-hydrogen) atoms. The first kappa shape index (κ1) is 9.80. The molecule has 1 aromatic rings. The van der Waals surface area contributed by atoms with Crippen molar-refractivity contribution in [3.05, 3.63) is 12.3 Å². The summed E-state index contributed by atoms with van der Waals surface area (Å²) >= 11 is 0. The van der Waals surface area contributed by atoms with E-state index in [2.05, 4.69) is 9.97 Å². The Labute approximate surface area is 92.5 Å². The molecule has 3 heterocycles. The van der Waals surface area contributed by atoms with E-state index in [9.17, 15) is 0 Å². The average molecular weight is 224 g/mol. The van der Waals surface area contributed by atoms with Gasteiger partial charge in [-0.3, -0.25) is 0 Å². The molecule has 0 N–H and O–H groups in total. The molecule has 2 aliphatic heterocycles. The number of hydrogen-bond acceptors (Lipinski definition) is 6. The first-order chi connectivity index (χ1) is 7.90. The predicted molar refractivity (Wildman–Crippen MR) is 52.5 cm³/mol. The second-order valence-electron chi connectivity index (χ2n) is 3.71. The van der Waals surface area contributed by atoms with Crippen LogP contribution in [0.5, 0.6) is 11.9 Å². The van der Waals surface area contributed by atoms with E-state index in [4.69, 9.17) is 18.9 Å². The van der Waals surface area contributed by atoms with E-state index < -0.39 is 0 Å². The summed E-state index contributed by atoms with van der Waals surface area (Å²) in [6.45, 7) is 2.56. The Morgan fingerprint density at radius 2 is 1.88 bits per heavy atom. The summed E-state index contributed by atoms with van der Waals surface area (Å²) in [5.41, 5.74) is 0. The molecule has 0 saturated carbocycles. The minimum absolute atomic E-state index is 0.202. The van der Waals surface area contributed by atoms with Crippen molar-refractivity contribution < 1.29 is 18.9 Å². The van der Waals surface area contributed by atoms with Gasteiger partial charge < -0.3 is 18.9 Å². The number of ether oxygens (including phenoxy) is 4. The molecule has 0 amide bonds. The van der Waals surface area contributed by atoms with Gasteiger partial charge in [-0.1, -0.05) is 0 Å². The second-order valence-corrected chi connectivity index (χ2v) is 3.71. The van der Waals surface area contributed by atoms with Gasteiger partial charge in [0.15, 0.2) is 0 Å². The Morgan fingerprint density at radius 1 is 1.19 bits per heavy atom. The molecule has 86 valence electrons. The van der Waals surface area contributed by atoms with E-state index >= 15 is 0 Å². The van der Waals surface area contributed by atoms with E-state index in [1.165, 1.54) is 0 Å². The van der Waals surface area contributed by atoms with E-state index in [-0.39, 0.29) is 12.2 Å². The Bertz CT molecular complexity index is 334. The summed E-state index contributed by atoms with van der Waals surface area (Å²) in [7, 11) is 0. The van der Waals surface area contributed by atoms with Crippen molar-refractivity contribution in [1.82, 2.24) is 9.97 Å². The van der Waals surface area contributed by atoms with Crippen LogP contribution in [0.2, 0.25) is 0 Å². The lowest BCUT2D eigenvalue weighted by Gasteiger charge is -2.05. The third kappa shape index (κ3) is 2.80. The van der Waals surface area contributed by atoms with Crippen molar-refractivity contribution in [1.29, 1.82) is 0 Å². The lowest BCUT2D eigenvalue weighted by atomic mass is 10.5. The third-order valence-corrected chi connectivity index (χ3v) is 2.23. The highest BCUT2D eigenvalue weighted by Gasteiger charge is 2.24. The molecule has 1 aromatic heterocycles. The molecule has 2 saturated heterocycles. The van der Waals surface area contributed by atoms with Crippen molar-refractivity contribution in [3.63, 3.8) is 0 Å². The fourth-order valence-electron chi connectivity index (χ4n) is 1.15. The van der Waals surface area contributed by atoms with Gasteiger partial charge in [-0.15, -0.1) is 0 Å². The molecule has 0 spiro atoms. The van der Waals surface area contributed by atoms with Crippen LogP contribution in [0.3, 0.4) is 0 Å². The van der Waals surface area contributed by atoms with Crippen molar-refractivity contribution in [2.75, 3.05) is 26.4 Å². The summed E-state index contributed by atoms with van der Waals surface area (Å²) in [4.78, 5) is 8.09. The Kier molecular flexibility index (Phi) is 2.59. The smallest absolute Gasteiger partial charge is 0.319 e. The molecule has 0 radical (unpaired) electrons. The van der Waals surface area contributed by atoms with Gasteiger partial charge in [0.1, 0.15) is 25.4 Å². The van der Waals surface area contributed by atoms with Gasteiger partial charge in [0.25, 0.3) is 0 Å². The minimum Gasteiger partial charge on any atom is -0.475 e. The number of rotatable bonds is 6.